The molecule has 0 spiro atoms. The van der Waals surface area contributed by atoms with Crippen LogP contribution in [0.4, 0.5) is 10.5 Å². The third-order valence-corrected chi connectivity index (χ3v) is 4.74. The summed E-state index contributed by atoms with van der Waals surface area (Å²) >= 11 is 6.15. The van der Waals surface area contributed by atoms with E-state index in [1.807, 2.05) is 0 Å². The minimum Gasteiger partial charge on any atom is -0.478 e. The molecule has 1 aliphatic heterocycles. The maximum atomic E-state index is 12.8. The summed E-state index contributed by atoms with van der Waals surface area (Å²) in [6, 6.07) is 9.17. The van der Waals surface area contributed by atoms with Gasteiger partial charge in [0, 0.05) is 18.0 Å². The summed E-state index contributed by atoms with van der Waals surface area (Å²) in [6.07, 6.45) is 4.00. The summed E-state index contributed by atoms with van der Waals surface area (Å²) < 4.78 is 5.65. The number of pyridine rings is 1. The Hall–Kier alpha value is -4.24. The van der Waals surface area contributed by atoms with Crippen LogP contribution in [0.1, 0.15) is 16.1 Å². The minimum absolute atomic E-state index is 0.0176. The molecule has 0 bridgehead atoms. The summed E-state index contributed by atoms with van der Waals surface area (Å²) in [6.45, 7) is 0. The van der Waals surface area contributed by atoms with Gasteiger partial charge in [-0.1, -0.05) is 11.6 Å². The van der Waals surface area contributed by atoms with Crippen molar-refractivity contribution in [1.29, 1.82) is 0 Å². The van der Waals surface area contributed by atoms with Crippen molar-refractivity contribution in [2.45, 2.75) is 0 Å². The molecule has 2 aromatic heterocycles. The van der Waals surface area contributed by atoms with Gasteiger partial charge in [0.15, 0.2) is 0 Å². The zero-order valence-electron chi connectivity index (χ0n) is 15.5. The molecule has 0 atom stereocenters. The molecule has 0 radical (unpaired) electrons. The molecule has 3 aromatic rings. The molecule has 4 rings (SSSR count). The highest BCUT2D eigenvalue weighted by atomic mass is 35.5. The number of anilines is 1. The molecule has 1 fully saturated rings. The highest BCUT2D eigenvalue weighted by Gasteiger charge is 2.37. The Kier molecular flexibility index (Phi) is 5.10. The van der Waals surface area contributed by atoms with Gasteiger partial charge in [-0.2, -0.15) is 0 Å². The molecule has 0 saturated carbocycles. The van der Waals surface area contributed by atoms with Crippen molar-refractivity contribution < 1.29 is 28.7 Å². The predicted molar refractivity (Wildman–Crippen MR) is 109 cm³/mol. The van der Waals surface area contributed by atoms with Crippen molar-refractivity contribution in [1.82, 2.24) is 10.3 Å². The molecule has 9 nitrogen and oxygen atoms in total. The van der Waals surface area contributed by atoms with Crippen LogP contribution >= 0.6 is 11.6 Å². The number of aromatic nitrogens is 1. The van der Waals surface area contributed by atoms with Gasteiger partial charge < -0.3 is 9.52 Å². The number of nitrogens with one attached hydrogen (secondary N) is 1. The van der Waals surface area contributed by atoms with Crippen molar-refractivity contribution in [3.05, 3.63) is 76.8 Å². The summed E-state index contributed by atoms with van der Waals surface area (Å²) in [7, 11) is 0. The topological polar surface area (TPSA) is 130 Å². The molecule has 1 saturated heterocycles. The Balaban J connectivity index is 1.69. The Morgan fingerprint density at radius 1 is 1.10 bits per heavy atom. The predicted octanol–water partition coefficient (Wildman–Crippen LogP) is 3.36. The first kappa shape index (κ1) is 20.0. The van der Waals surface area contributed by atoms with Gasteiger partial charge in [0.1, 0.15) is 17.1 Å². The summed E-state index contributed by atoms with van der Waals surface area (Å²) in [4.78, 5) is 53.1. The van der Waals surface area contributed by atoms with E-state index in [0.29, 0.717) is 5.56 Å². The van der Waals surface area contributed by atoms with Gasteiger partial charge in [0.2, 0.25) is 0 Å². The number of benzene rings is 1. The molecular weight excluding hydrogens is 426 g/mol. The molecule has 10 heteroatoms. The minimum atomic E-state index is -1.13. The number of rotatable bonds is 4. The van der Waals surface area contributed by atoms with Crippen LogP contribution in [-0.4, -0.2) is 33.9 Å². The molecule has 3 heterocycles. The summed E-state index contributed by atoms with van der Waals surface area (Å²) in [5.41, 5.74) is 0.277. The van der Waals surface area contributed by atoms with Crippen molar-refractivity contribution in [3.8, 4) is 11.3 Å². The van der Waals surface area contributed by atoms with Crippen molar-refractivity contribution in [3.63, 3.8) is 0 Å². The third-order valence-electron chi connectivity index (χ3n) is 4.41. The number of imide groups is 2. The maximum absolute atomic E-state index is 12.8. The van der Waals surface area contributed by atoms with E-state index in [-0.39, 0.29) is 33.4 Å². The van der Waals surface area contributed by atoms with Crippen LogP contribution in [-0.2, 0) is 9.59 Å². The number of barbiturate groups is 1. The first-order valence-corrected chi connectivity index (χ1v) is 9.17. The van der Waals surface area contributed by atoms with E-state index < -0.39 is 23.8 Å². The van der Waals surface area contributed by atoms with E-state index in [0.717, 1.165) is 4.90 Å². The average Bonchev–Trinajstić information content (AvgIpc) is 3.20. The number of carboxylic acids is 1. The molecule has 4 amide bonds. The zero-order chi connectivity index (χ0) is 22.1. The van der Waals surface area contributed by atoms with Crippen molar-refractivity contribution >= 4 is 47.2 Å². The lowest BCUT2D eigenvalue weighted by Crippen LogP contribution is -2.54. The molecule has 0 aliphatic carbocycles. The van der Waals surface area contributed by atoms with E-state index in [4.69, 9.17) is 21.1 Å². The standard InChI is InChI=1S/C21H12ClN3O6/c22-16-3-1-11(20(28)29)9-14(16)17-4-2-13(31-17)10-15-18(26)24-21(30)25(19(15)27)12-5-7-23-8-6-12/h1-10H,(H,28,29)(H,24,26,30)/b15-10+. The number of urea groups is 1. The van der Waals surface area contributed by atoms with Gasteiger partial charge in [-0.15, -0.1) is 0 Å². The maximum Gasteiger partial charge on any atom is 0.335 e. The van der Waals surface area contributed by atoms with Crippen LogP contribution in [0.25, 0.3) is 17.4 Å². The number of carboxylic acid groups (broad SMARTS) is 1. The van der Waals surface area contributed by atoms with Crippen molar-refractivity contribution in [2.75, 3.05) is 4.90 Å². The molecular formula is C21H12ClN3O6. The van der Waals surface area contributed by atoms with Gasteiger partial charge in [-0.25, -0.2) is 14.5 Å². The lowest BCUT2D eigenvalue weighted by atomic mass is 10.1. The van der Waals surface area contributed by atoms with E-state index in [9.17, 15) is 19.2 Å². The second-order valence-electron chi connectivity index (χ2n) is 6.37. The number of hydrogen-bond donors (Lipinski definition) is 2. The fourth-order valence-electron chi connectivity index (χ4n) is 2.95. The number of hydrogen-bond acceptors (Lipinski definition) is 6. The Labute approximate surface area is 179 Å². The van der Waals surface area contributed by atoms with Gasteiger partial charge in [-0.3, -0.25) is 19.9 Å². The van der Waals surface area contributed by atoms with Crippen LogP contribution in [0.5, 0.6) is 0 Å². The molecule has 154 valence electrons. The van der Waals surface area contributed by atoms with Crippen LogP contribution in [0.15, 0.2) is 64.8 Å². The molecule has 31 heavy (non-hydrogen) atoms. The van der Waals surface area contributed by atoms with Crippen LogP contribution in [0.2, 0.25) is 5.02 Å². The molecule has 1 aromatic carbocycles. The second-order valence-corrected chi connectivity index (χ2v) is 6.77. The monoisotopic (exact) mass is 437 g/mol. The van der Waals surface area contributed by atoms with Gasteiger partial charge in [0.05, 0.1) is 16.3 Å². The molecule has 2 N–H and O–H groups in total. The summed E-state index contributed by atoms with van der Waals surface area (Å²) in [5, 5.41) is 11.5. The normalized spacial score (nSPS) is 15.3. The highest BCUT2D eigenvalue weighted by molar-refractivity contribution is 6.39. The quantitative estimate of drug-likeness (QED) is 0.472. The number of carbonyl (C=O) groups excluding carboxylic acids is 3. The average molecular weight is 438 g/mol. The number of furan rings is 1. The number of aromatic carboxylic acids is 1. The second kappa shape index (κ2) is 7.88. The van der Waals surface area contributed by atoms with Crippen LogP contribution in [0.3, 0.4) is 0 Å². The Morgan fingerprint density at radius 3 is 2.55 bits per heavy atom. The summed E-state index contributed by atoms with van der Waals surface area (Å²) in [5.74, 6) is -2.45. The van der Waals surface area contributed by atoms with E-state index >= 15 is 0 Å². The fraction of sp³-hybridized carbons (Fsp3) is 0. The third kappa shape index (κ3) is 3.81. The molecule has 0 unspecified atom stereocenters. The lowest BCUT2D eigenvalue weighted by molar-refractivity contribution is -0.122. The number of nitrogens with zero attached hydrogens (tertiary/aromatic N) is 2. The smallest absolute Gasteiger partial charge is 0.335 e. The fourth-order valence-corrected chi connectivity index (χ4v) is 3.16. The van der Waals surface area contributed by atoms with Crippen molar-refractivity contribution in [2.24, 2.45) is 0 Å². The Morgan fingerprint density at radius 2 is 1.84 bits per heavy atom. The Bertz CT molecular complexity index is 1270. The van der Waals surface area contributed by atoms with E-state index in [1.165, 1.54) is 60.9 Å². The van der Waals surface area contributed by atoms with Crippen LogP contribution in [0, 0.1) is 0 Å². The van der Waals surface area contributed by atoms with E-state index in [1.54, 1.807) is 0 Å². The number of amides is 4. The van der Waals surface area contributed by atoms with Gasteiger partial charge in [-0.05, 0) is 48.5 Å². The highest BCUT2D eigenvalue weighted by Crippen LogP contribution is 2.31. The van der Waals surface area contributed by atoms with Crippen LogP contribution < -0.4 is 10.2 Å². The lowest BCUT2D eigenvalue weighted by Gasteiger charge is -2.25. The van der Waals surface area contributed by atoms with E-state index in [2.05, 4.69) is 10.3 Å². The SMILES string of the molecule is O=C1NC(=O)N(c2ccncc2)C(=O)/C1=C/c1ccc(-c2cc(C(=O)O)ccc2Cl)o1. The largest absolute Gasteiger partial charge is 0.478 e. The van der Waals surface area contributed by atoms with Gasteiger partial charge in [0.25, 0.3) is 11.8 Å². The zero-order valence-corrected chi connectivity index (χ0v) is 16.3. The number of halogens is 1. The molecule has 1 aliphatic rings. The first-order chi connectivity index (χ1) is 14.8. The van der Waals surface area contributed by atoms with Gasteiger partial charge >= 0.3 is 12.0 Å². The first-order valence-electron chi connectivity index (χ1n) is 8.79. The number of carbonyl (C=O) groups is 4.